The molecule has 0 saturated carbocycles. The van der Waals surface area contributed by atoms with E-state index in [9.17, 15) is 9.90 Å². The molecule has 0 amide bonds. The summed E-state index contributed by atoms with van der Waals surface area (Å²) in [6.45, 7) is 1.95. The fourth-order valence-electron chi connectivity index (χ4n) is 1.79. The van der Waals surface area contributed by atoms with Gasteiger partial charge in [-0.15, -0.1) is 0 Å². The molecule has 2 rings (SSSR count). The van der Waals surface area contributed by atoms with Crippen LogP contribution in [0.3, 0.4) is 0 Å². The van der Waals surface area contributed by atoms with E-state index in [2.05, 4.69) is 0 Å². The van der Waals surface area contributed by atoms with Gasteiger partial charge in [-0.1, -0.05) is 48.1 Å². The number of ketones is 1. The Bertz CT molecular complexity index is 635. The molecule has 1 N–H and O–H groups in total. The van der Waals surface area contributed by atoms with Crippen LogP contribution in [0.2, 0.25) is 0 Å². The normalized spacial score (nSPS) is 11.8. The van der Waals surface area contributed by atoms with Crippen LogP contribution in [0.15, 0.2) is 72.3 Å². The number of carbonyl (C=O) groups is 1. The minimum absolute atomic E-state index is 0.0780. The number of rotatable bonds is 4. The van der Waals surface area contributed by atoms with E-state index in [0.29, 0.717) is 5.56 Å². The summed E-state index contributed by atoms with van der Waals surface area (Å²) in [5.74, 6) is 0.0801. The summed E-state index contributed by atoms with van der Waals surface area (Å²) in [7, 11) is 0. The van der Waals surface area contributed by atoms with Crippen molar-refractivity contribution in [2.24, 2.45) is 0 Å². The van der Waals surface area contributed by atoms with Gasteiger partial charge in [-0.2, -0.15) is 0 Å². The quantitative estimate of drug-likeness (QED) is 0.509. The van der Waals surface area contributed by atoms with Crippen molar-refractivity contribution in [3.8, 4) is 5.75 Å². The van der Waals surface area contributed by atoms with Gasteiger partial charge in [0.15, 0.2) is 5.78 Å². The van der Waals surface area contributed by atoms with Crippen LogP contribution in [0, 0.1) is 0 Å². The van der Waals surface area contributed by atoms with E-state index in [1.54, 1.807) is 24.3 Å². The van der Waals surface area contributed by atoms with Crippen LogP contribution < -0.4 is 0 Å². The van der Waals surface area contributed by atoms with Crippen LogP contribution >= 0.6 is 0 Å². The zero-order valence-electron chi connectivity index (χ0n) is 11.3. The van der Waals surface area contributed by atoms with Gasteiger partial charge in [0.2, 0.25) is 0 Å². The van der Waals surface area contributed by atoms with Crippen LogP contribution in [-0.2, 0) is 0 Å². The lowest BCUT2D eigenvalue weighted by Gasteiger charge is -1.97. The number of carbonyl (C=O) groups excluding carboxylic acids is 1. The van der Waals surface area contributed by atoms with Crippen LogP contribution in [0.1, 0.15) is 22.8 Å². The Morgan fingerprint density at radius 1 is 0.950 bits per heavy atom. The summed E-state index contributed by atoms with van der Waals surface area (Å²) in [5, 5.41) is 9.18. The molecule has 0 heterocycles. The Labute approximate surface area is 118 Å². The summed E-state index contributed by atoms with van der Waals surface area (Å²) < 4.78 is 0. The molecule has 0 unspecified atom stereocenters. The molecule has 2 nitrogen and oxygen atoms in total. The van der Waals surface area contributed by atoms with Gasteiger partial charge in [-0.3, -0.25) is 4.79 Å². The molecule has 0 spiro atoms. The summed E-state index contributed by atoms with van der Waals surface area (Å²) in [6.07, 6.45) is 5.35. The molecule has 0 aliphatic carbocycles. The predicted octanol–water partition coefficient (Wildman–Crippen LogP) is 4.23. The van der Waals surface area contributed by atoms with Crippen molar-refractivity contribution in [1.82, 2.24) is 0 Å². The van der Waals surface area contributed by atoms with E-state index < -0.39 is 0 Å². The highest BCUT2D eigenvalue weighted by molar-refractivity contribution is 6.04. The molecule has 0 atom stereocenters. The van der Waals surface area contributed by atoms with E-state index in [1.165, 1.54) is 12.1 Å². The monoisotopic (exact) mass is 264 g/mol. The highest BCUT2D eigenvalue weighted by atomic mass is 16.3. The Morgan fingerprint density at radius 3 is 2.25 bits per heavy atom. The smallest absolute Gasteiger partial charge is 0.185 e. The topological polar surface area (TPSA) is 37.3 Å². The van der Waals surface area contributed by atoms with Crippen molar-refractivity contribution in [3.63, 3.8) is 0 Å². The maximum atomic E-state index is 11.9. The van der Waals surface area contributed by atoms with Crippen molar-refractivity contribution < 1.29 is 9.90 Å². The minimum atomic E-state index is -0.0780. The second-order valence-electron chi connectivity index (χ2n) is 4.54. The molecule has 0 aromatic heterocycles. The van der Waals surface area contributed by atoms with Crippen molar-refractivity contribution in [1.29, 1.82) is 0 Å². The number of phenolic OH excluding ortho intramolecular Hbond substituents is 1. The van der Waals surface area contributed by atoms with E-state index in [0.717, 1.165) is 11.1 Å². The molecular formula is C18H16O2. The van der Waals surface area contributed by atoms with Crippen LogP contribution in [0.25, 0.3) is 6.08 Å². The van der Waals surface area contributed by atoms with Crippen molar-refractivity contribution in [3.05, 3.63) is 83.4 Å². The molecule has 0 aliphatic rings. The van der Waals surface area contributed by atoms with E-state index >= 15 is 0 Å². The average Bonchev–Trinajstić information content (AvgIpc) is 2.46. The van der Waals surface area contributed by atoms with E-state index in [4.69, 9.17) is 0 Å². The lowest BCUT2D eigenvalue weighted by Crippen LogP contribution is -1.93. The van der Waals surface area contributed by atoms with Gasteiger partial charge in [-0.25, -0.2) is 0 Å². The van der Waals surface area contributed by atoms with Gasteiger partial charge in [-0.05, 0) is 42.8 Å². The first-order valence-electron chi connectivity index (χ1n) is 6.40. The first-order valence-corrected chi connectivity index (χ1v) is 6.40. The van der Waals surface area contributed by atoms with Crippen LogP contribution in [0.4, 0.5) is 0 Å². The fraction of sp³-hybridized carbons (Fsp3) is 0.0556. The van der Waals surface area contributed by atoms with Gasteiger partial charge in [0.1, 0.15) is 5.75 Å². The third-order valence-corrected chi connectivity index (χ3v) is 2.84. The maximum Gasteiger partial charge on any atom is 0.185 e. The van der Waals surface area contributed by atoms with Gasteiger partial charge in [0.05, 0.1) is 0 Å². The molecule has 0 radical (unpaired) electrons. The third-order valence-electron chi connectivity index (χ3n) is 2.84. The van der Waals surface area contributed by atoms with Gasteiger partial charge >= 0.3 is 0 Å². The largest absolute Gasteiger partial charge is 0.508 e. The molecule has 2 heteroatoms. The highest BCUT2D eigenvalue weighted by Crippen LogP contribution is 2.11. The van der Waals surface area contributed by atoms with Crippen LogP contribution in [0.5, 0.6) is 5.75 Å². The van der Waals surface area contributed by atoms with E-state index in [1.807, 2.05) is 43.3 Å². The molecule has 100 valence electrons. The average molecular weight is 264 g/mol. The number of phenols is 1. The first-order chi connectivity index (χ1) is 9.65. The zero-order valence-corrected chi connectivity index (χ0v) is 11.3. The van der Waals surface area contributed by atoms with Crippen LogP contribution in [-0.4, -0.2) is 10.9 Å². The van der Waals surface area contributed by atoms with Crippen molar-refractivity contribution >= 4 is 11.9 Å². The standard InChI is InChI=1S/C18H16O2/c1-14(13-15-5-3-2-4-6-15)7-12-18(20)16-8-10-17(19)11-9-16/h2-13,19H,1H3/b12-7+,14-13+. The number of allylic oxidation sites excluding steroid dienone is 3. The number of benzene rings is 2. The first kappa shape index (κ1) is 13.8. The lowest BCUT2D eigenvalue weighted by molar-refractivity contribution is 0.104. The molecule has 0 fully saturated rings. The molecule has 20 heavy (non-hydrogen) atoms. The molecule has 2 aromatic rings. The SMILES string of the molecule is CC(/C=C/C(=O)c1ccc(O)cc1)=C\c1ccccc1. The highest BCUT2D eigenvalue weighted by Gasteiger charge is 2.00. The Morgan fingerprint density at radius 2 is 1.60 bits per heavy atom. The van der Waals surface area contributed by atoms with E-state index in [-0.39, 0.29) is 11.5 Å². The van der Waals surface area contributed by atoms with Gasteiger partial charge in [0, 0.05) is 5.56 Å². The zero-order chi connectivity index (χ0) is 14.4. The predicted molar refractivity (Wildman–Crippen MR) is 81.7 cm³/mol. The fourth-order valence-corrected chi connectivity index (χ4v) is 1.79. The molecular weight excluding hydrogens is 248 g/mol. The molecule has 0 bridgehead atoms. The number of hydrogen-bond acceptors (Lipinski definition) is 2. The Hall–Kier alpha value is -2.61. The summed E-state index contributed by atoms with van der Waals surface area (Å²) >= 11 is 0. The molecule has 0 saturated heterocycles. The summed E-state index contributed by atoms with van der Waals surface area (Å²) in [6, 6.07) is 16.2. The number of aromatic hydroxyl groups is 1. The van der Waals surface area contributed by atoms with Gasteiger partial charge in [0.25, 0.3) is 0 Å². The Balaban J connectivity index is 2.07. The maximum absolute atomic E-state index is 11.9. The molecule has 2 aromatic carbocycles. The second kappa shape index (κ2) is 6.53. The number of hydrogen-bond donors (Lipinski definition) is 1. The van der Waals surface area contributed by atoms with Gasteiger partial charge < -0.3 is 5.11 Å². The minimum Gasteiger partial charge on any atom is -0.508 e. The lowest BCUT2D eigenvalue weighted by atomic mass is 10.1. The second-order valence-corrected chi connectivity index (χ2v) is 4.54. The van der Waals surface area contributed by atoms with Crippen molar-refractivity contribution in [2.45, 2.75) is 6.92 Å². The summed E-state index contributed by atoms with van der Waals surface area (Å²) in [5.41, 5.74) is 2.67. The molecule has 0 aliphatic heterocycles. The third kappa shape index (κ3) is 3.95. The summed E-state index contributed by atoms with van der Waals surface area (Å²) in [4.78, 5) is 11.9. The van der Waals surface area contributed by atoms with Crippen molar-refractivity contribution in [2.75, 3.05) is 0 Å². The Kier molecular flexibility index (Phi) is 4.51.